The maximum atomic E-state index is 11.8. The zero-order chi connectivity index (χ0) is 17.5. The van der Waals surface area contributed by atoms with E-state index in [0.29, 0.717) is 10.9 Å². The number of rotatable bonds is 4. The van der Waals surface area contributed by atoms with E-state index in [4.69, 9.17) is 16.3 Å². The van der Waals surface area contributed by atoms with Crippen molar-refractivity contribution in [2.45, 2.75) is 38.6 Å². The van der Waals surface area contributed by atoms with Crippen molar-refractivity contribution in [2.75, 3.05) is 6.61 Å². The van der Waals surface area contributed by atoms with Crippen molar-refractivity contribution < 1.29 is 19.1 Å². The van der Waals surface area contributed by atoms with Crippen molar-refractivity contribution >= 4 is 29.5 Å². The van der Waals surface area contributed by atoms with Crippen molar-refractivity contribution in [1.82, 2.24) is 10.6 Å². The van der Waals surface area contributed by atoms with Crippen LogP contribution in [0, 0.1) is 5.92 Å². The number of halogens is 1. The van der Waals surface area contributed by atoms with Crippen LogP contribution in [-0.2, 0) is 9.53 Å². The number of hydrogen-bond acceptors (Lipinski definition) is 4. The fourth-order valence-corrected chi connectivity index (χ4v) is 2.82. The zero-order valence-electron chi connectivity index (χ0n) is 13.5. The third kappa shape index (κ3) is 5.53. The Bertz CT molecular complexity index is 603. The van der Waals surface area contributed by atoms with Gasteiger partial charge in [0.15, 0.2) is 6.61 Å². The van der Waals surface area contributed by atoms with Gasteiger partial charge in [0.25, 0.3) is 5.91 Å². The van der Waals surface area contributed by atoms with Gasteiger partial charge in [0, 0.05) is 11.1 Å². The first-order valence-corrected chi connectivity index (χ1v) is 8.36. The molecule has 0 aromatic heterocycles. The van der Waals surface area contributed by atoms with Gasteiger partial charge in [-0.25, -0.2) is 9.59 Å². The fraction of sp³-hybridized carbons (Fsp3) is 0.471. The molecular weight excluding hydrogens is 332 g/mol. The van der Waals surface area contributed by atoms with Gasteiger partial charge in [0.05, 0.1) is 5.56 Å². The number of ether oxygens (including phenoxy) is 1. The zero-order valence-corrected chi connectivity index (χ0v) is 14.3. The summed E-state index contributed by atoms with van der Waals surface area (Å²) in [5.41, 5.74) is 0.285. The third-order valence-corrected chi connectivity index (χ3v) is 4.35. The summed E-state index contributed by atoms with van der Waals surface area (Å²) in [6.45, 7) is 1.56. The van der Waals surface area contributed by atoms with E-state index in [2.05, 4.69) is 17.6 Å². The summed E-state index contributed by atoms with van der Waals surface area (Å²) in [7, 11) is 0. The maximum Gasteiger partial charge on any atom is 0.338 e. The molecule has 0 saturated heterocycles. The first-order chi connectivity index (χ1) is 11.5. The minimum atomic E-state index is -0.668. The Hall–Kier alpha value is -2.08. The average Bonchev–Trinajstić information content (AvgIpc) is 2.55. The van der Waals surface area contributed by atoms with Gasteiger partial charge < -0.3 is 10.1 Å². The Balaban J connectivity index is 1.73. The highest BCUT2D eigenvalue weighted by Crippen LogP contribution is 2.23. The first kappa shape index (κ1) is 18.3. The molecule has 2 N–H and O–H groups in total. The number of esters is 1. The molecular formula is C17H21ClN2O4. The first-order valence-electron chi connectivity index (χ1n) is 7.98. The number of carbonyl (C=O) groups is 3. The molecule has 0 bridgehead atoms. The molecule has 0 unspecified atom stereocenters. The summed E-state index contributed by atoms with van der Waals surface area (Å²) in [5.74, 6) is -0.927. The minimum absolute atomic E-state index is 0.0724. The van der Waals surface area contributed by atoms with Crippen LogP contribution in [0.15, 0.2) is 24.3 Å². The third-order valence-electron chi connectivity index (χ3n) is 4.10. The van der Waals surface area contributed by atoms with Crippen LogP contribution < -0.4 is 10.6 Å². The lowest BCUT2D eigenvalue weighted by molar-refractivity contribution is -0.123. The van der Waals surface area contributed by atoms with Gasteiger partial charge >= 0.3 is 12.0 Å². The normalized spacial score (nSPS) is 20.1. The van der Waals surface area contributed by atoms with Crippen LogP contribution in [0.5, 0.6) is 0 Å². The van der Waals surface area contributed by atoms with E-state index in [1.807, 2.05) is 0 Å². The Morgan fingerprint density at radius 1 is 1.17 bits per heavy atom. The lowest BCUT2D eigenvalue weighted by Gasteiger charge is -2.29. The summed E-state index contributed by atoms with van der Waals surface area (Å²) < 4.78 is 4.87. The van der Waals surface area contributed by atoms with Gasteiger partial charge in [0.2, 0.25) is 0 Å². The Morgan fingerprint density at radius 3 is 2.50 bits per heavy atom. The van der Waals surface area contributed by atoms with Crippen molar-refractivity contribution in [1.29, 1.82) is 0 Å². The number of urea groups is 1. The van der Waals surface area contributed by atoms with E-state index in [9.17, 15) is 14.4 Å². The highest BCUT2D eigenvalue weighted by Gasteiger charge is 2.23. The van der Waals surface area contributed by atoms with Crippen LogP contribution in [0.4, 0.5) is 4.79 Å². The lowest BCUT2D eigenvalue weighted by atomic mass is 9.86. The monoisotopic (exact) mass is 352 g/mol. The van der Waals surface area contributed by atoms with E-state index in [1.54, 1.807) is 12.1 Å². The molecule has 1 aromatic rings. The molecule has 1 saturated carbocycles. The van der Waals surface area contributed by atoms with Gasteiger partial charge in [-0.05, 0) is 43.0 Å². The van der Waals surface area contributed by atoms with Crippen LogP contribution in [0.25, 0.3) is 0 Å². The molecule has 2 atom stereocenters. The largest absolute Gasteiger partial charge is 0.452 e. The second-order valence-electron chi connectivity index (χ2n) is 5.97. The summed E-state index contributed by atoms with van der Waals surface area (Å²) in [5, 5.41) is 5.47. The van der Waals surface area contributed by atoms with E-state index in [1.165, 1.54) is 18.6 Å². The topological polar surface area (TPSA) is 84.5 Å². The molecule has 130 valence electrons. The molecule has 24 heavy (non-hydrogen) atoms. The highest BCUT2D eigenvalue weighted by molar-refractivity contribution is 6.30. The van der Waals surface area contributed by atoms with Crippen LogP contribution in [0.2, 0.25) is 5.02 Å². The predicted octanol–water partition coefficient (Wildman–Crippen LogP) is 2.90. The average molecular weight is 353 g/mol. The van der Waals surface area contributed by atoms with Crippen molar-refractivity contribution in [2.24, 2.45) is 5.92 Å². The Kier molecular flexibility index (Phi) is 6.61. The molecule has 1 aliphatic carbocycles. The quantitative estimate of drug-likeness (QED) is 0.816. The molecule has 0 radical (unpaired) electrons. The number of imide groups is 1. The molecule has 1 aromatic carbocycles. The standard InChI is InChI=1S/C17H21ClN2O4/c1-11-4-2-3-5-14(11)19-17(23)20-15(21)10-24-16(22)12-6-8-13(18)9-7-12/h6-9,11,14H,2-5,10H2,1H3,(H2,19,20,21,23)/t11-,14+/m1/s1. The van der Waals surface area contributed by atoms with Crippen molar-refractivity contribution in [3.05, 3.63) is 34.9 Å². The number of nitrogens with one attached hydrogen (secondary N) is 2. The number of benzene rings is 1. The molecule has 0 spiro atoms. The van der Waals surface area contributed by atoms with E-state index in [0.717, 1.165) is 19.3 Å². The molecule has 1 aliphatic rings. The smallest absolute Gasteiger partial charge is 0.338 e. The van der Waals surface area contributed by atoms with Crippen molar-refractivity contribution in [3.63, 3.8) is 0 Å². The Labute approximate surface area is 145 Å². The van der Waals surface area contributed by atoms with Crippen LogP contribution in [0.3, 0.4) is 0 Å². The van der Waals surface area contributed by atoms with Gasteiger partial charge in [-0.1, -0.05) is 31.4 Å². The molecule has 0 aliphatic heterocycles. The second kappa shape index (κ2) is 8.68. The van der Waals surface area contributed by atoms with Gasteiger partial charge in [-0.15, -0.1) is 0 Å². The molecule has 6 nitrogen and oxygen atoms in total. The molecule has 1 fully saturated rings. The summed E-state index contributed by atoms with van der Waals surface area (Å²) in [6.07, 6.45) is 4.22. The van der Waals surface area contributed by atoms with Crippen LogP contribution in [0.1, 0.15) is 43.0 Å². The van der Waals surface area contributed by atoms with E-state index < -0.39 is 24.5 Å². The lowest BCUT2D eigenvalue weighted by Crippen LogP contribution is -2.48. The molecule has 3 amide bonds. The molecule has 7 heteroatoms. The minimum Gasteiger partial charge on any atom is -0.452 e. The van der Waals surface area contributed by atoms with Crippen LogP contribution in [-0.4, -0.2) is 30.6 Å². The van der Waals surface area contributed by atoms with Crippen LogP contribution >= 0.6 is 11.6 Å². The SMILES string of the molecule is C[C@@H]1CCCC[C@@H]1NC(=O)NC(=O)COC(=O)c1ccc(Cl)cc1. The van der Waals surface area contributed by atoms with Crippen molar-refractivity contribution in [3.8, 4) is 0 Å². The van der Waals surface area contributed by atoms with Gasteiger partial charge in [0.1, 0.15) is 0 Å². The van der Waals surface area contributed by atoms with E-state index in [-0.39, 0.29) is 11.6 Å². The summed E-state index contributed by atoms with van der Waals surface area (Å²) >= 11 is 5.73. The molecule has 2 rings (SSSR count). The molecule has 0 heterocycles. The van der Waals surface area contributed by atoms with Gasteiger partial charge in [-0.2, -0.15) is 0 Å². The number of hydrogen-bond donors (Lipinski definition) is 2. The predicted molar refractivity (Wildman–Crippen MR) is 89.8 cm³/mol. The maximum absolute atomic E-state index is 11.8. The summed E-state index contributed by atoms with van der Waals surface area (Å²) in [4.78, 5) is 35.3. The number of amides is 3. The fourth-order valence-electron chi connectivity index (χ4n) is 2.70. The number of carbonyl (C=O) groups excluding carboxylic acids is 3. The Morgan fingerprint density at radius 2 is 1.83 bits per heavy atom. The van der Waals surface area contributed by atoms with Gasteiger partial charge in [-0.3, -0.25) is 10.1 Å². The summed E-state index contributed by atoms with van der Waals surface area (Å²) in [6, 6.07) is 5.62. The highest BCUT2D eigenvalue weighted by atomic mass is 35.5. The van der Waals surface area contributed by atoms with E-state index >= 15 is 0 Å². The second-order valence-corrected chi connectivity index (χ2v) is 6.41.